The molecule has 25 heavy (non-hydrogen) atoms. The lowest BCUT2D eigenvalue weighted by Gasteiger charge is -2.19. The second-order valence-electron chi connectivity index (χ2n) is 5.48. The van der Waals surface area contributed by atoms with E-state index in [1.165, 1.54) is 12.3 Å². The van der Waals surface area contributed by atoms with E-state index in [1.54, 1.807) is 0 Å². The summed E-state index contributed by atoms with van der Waals surface area (Å²) < 4.78 is 11.0. The molecular formula is C17H15ClN2O5. The van der Waals surface area contributed by atoms with E-state index >= 15 is 0 Å². The molecule has 0 saturated heterocycles. The zero-order chi connectivity index (χ0) is 18.0. The van der Waals surface area contributed by atoms with Crippen molar-refractivity contribution in [2.45, 2.75) is 13.0 Å². The summed E-state index contributed by atoms with van der Waals surface area (Å²) in [4.78, 5) is 14.6. The lowest BCUT2D eigenvalue weighted by molar-refractivity contribution is -0.385. The van der Waals surface area contributed by atoms with Crippen LogP contribution in [0.2, 0.25) is 5.02 Å². The zero-order valence-corrected chi connectivity index (χ0v) is 14.1. The number of nitrogens with zero attached hydrogens (tertiary/aromatic N) is 2. The third-order valence-corrected chi connectivity index (χ3v) is 3.98. The van der Waals surface area contributed by atoms with Crippen LogP contribution in [0.1, 0.15) is 24.1 Å². The molecule has 1 heterocycles. The minimum absolute atomic E-state index is 0.151. The van der Waals surface area contributed by atoms with Gasteiger partial charge in [0.1, 0.15) is 13.2 Å². The summed E-state index contributed by atoms with van der Waals surface area (Å²) in [7, 11) is 0. The topological polar surface area (TPSA) is 94.2 Å². The molecular weight excluding hydrogens is 348 g/mol. The van der Waals surface area contributed by atoms with Gasteiger partial charge in [-0.3, -0.25) is 15.1 Å². The Hall–Kier alpha value is -2.80. The summed E-state index contributed by atoms with van der Waals surface area (Å²) in [6.07, 6.45) is 1.37. The minimum atomic E-state index is -0.692. The number of benzene rings is 2. The molecule has 0 saturated carbocycles. The molecule has 0 unspecified atom stereocenters. The molecule has 2 aromatic rings. The summed E-state index contributed by atoms with van der Waals surface area (Å²) >= 11 is 5.87. The molecule has 0 radical (unpaired) electrons. The Labute approximate surface area is 148 Å². The highest BCUT2D eigenvalue weighted by atomic mass is 35.5. The van der Waals surface area contributed by atoms with Gasteiger partial charge in [-0.25, -0.2) is 0 Å². The lowest BCUT2D eigenvalue weighted by atomic mass is 10.1. The fourth-order valence-corrected chi connectivity index (χ4v) is 2.66. The number of halogens is 1. The van der Waals surface area contributed by atoms with Gasteiger partial charge >= 0.3 is 5.69 Å². The highest BCUT2D eigenvalue weighted by Crippen LogP contribution is 2.34. The van der Waals surface area contributed by atoms with E-state index in [4.69, 9.17) is 21.1 Å². The van der Waals surface area contributed by atoms with E-state index in [0.717, 1.165) is 11.6 Å². The maximum absolute atomic E-state index is 10.9. The van der Waals surface area contributed by atoms with Gasteiger partial charge in [0.25, 0.3) is 0 Å². The Morgan fingerprint density at radius 1 is 1.28 bits per heavy atom. The molecule has 1 atom stereocenters. The van der Waals surface area contributed by atoms with Crippen molar-refractivity contribution >= 4 is 23.5 Å². The number of fused-ring (bicyclic) bond motifs is 1. The third-order valence-electron chi connectivity index (χ3n) is 3.77. The van der Waals surface area contributed by atoms with Crippen LogP contribution in [0.4, 0.5) is 5.69 Å². The molecule has 0 aliphatic carbocycles. The summed E-state index contributed by atoms with van der Waals surface area (Å²) in [6, 6.07) is 7.79. The van der Waals surface area contributed by atoms with Gasteiger partial charge in [0.2, 0.25) is 5.75 Å². The first kappa shape index (κ1) is 17.0. The number of hydrogen-bond donors (Lipinski definition) is 1. The normalized spacial score (nSPS) is 14.5. The second kappa shape index (κ2) is 6.98. The van der Waals surface area contributed by atoms with E-state index in [2.05, 4.69) is 4.99 Å². The van der Waals surface area contributed by atoms with Crippen molar-refractivity contribution in [3.63, 3.8) is 0 Å². The first-order valence-corrected chi connectivity index (χ1v) is 7.93. The third kappa shape index (κ3) is 3.66. The molecule has 0 aromatic heterocycles. The van der Waals surface area contributed by atoms with Gasteiger partial charge in [-0.2, -0.15) is 0 Å². The molecule has 2 aromatic carbocycles. The van der Waals surface area contributed by atoms with Crippen LogP contribution < -0.4 is 9.47 Å². The van der Waals surface area contributed by atoms with E-state index < -0.39 is 16.4 Å². The van der Waals surface area contributed by atoms with E-state index in [-0.39, 0.29) is 16.6 Å². The highest BCUT2D eigenvalue weighted by Gasteiger charge is 2.18. The molecule has 0 amide bonds. The van der Waals surface area contributed by atoms with Crippen LogP contribution in [0, 0.1) is 10.1 Å². The van der Waals surface area contributed by atoms with Crippen molar-refractivity contribution in [2.75, 3.05) is 13.2 Å². The van der Waals surface area contributed by atoms with Crippen molar-refractivity contribution in [1.82, 2.24) is 0 Å². The monoisotopic (exact) mass is 362 g/mol. The largest absolute Gasteiger partial charge is 0.502 e. The first-order valence-electron chi connectivity index (χ1n) is 7.55. The minimum Gasteiger partial charge on any atom is -0.502 e. The number of phenolic OH excluding ortho intramolecular Hbond substituents is 1. The Kier molecular flexibility index (Phi) is 4.76. The predicted molar refractivity (Wildman–Crippen MR) is 93.2 cm³/mol. The van der Waals surface area contributed by atoms with Gasteiger partial charge in [-0.15, -0.1) is 0 Å². The molecule has 130 valence electrons. The fraction of sp³-hybridized carbons (Fsp3) is 0.235. The van der Waals surface area contributed by atoms with Crippen LogP contribution in [-0.4, -0.2) is 29.5 Å². The van der Waals surface area contributed by atoms with Crippen LogP contribution >= 0.6 is 11.6 Å². The number of phenols is 1. The molecule has 7 nitrogen and oxygen atoms in total. The van der Waals surface area contributed by atoms with E-state index in [9.17, 15) is 15.2 Å². The van der Waals surface area contributed by atoms with Crippen molar-refractivity contribution in [1.29, 1.82) is 0 Å². The molecule has 1 N–H and O–H groups in total. The summed E-state index contributed by atoms with van der Waals surface area (Å²) in [5.41, 5.74) is 0.612. The number of aromatic hydroxyl groups is 1. The second-order valence-corrected chi connectivity index (χ2v) is 5.91. The number of nitro groups is 1. The SMILES string of the molecule is C[C@H](N=Cc1cc(Cl)cc([N+](=O)[O-])c1O)c1ccc2c(c1)OCCO2. The van der Waals surface area contributed by atoms with Crippen molar-refractivity contribution in [2.24, 2.45) is 4.99 Å². The smallest absolute Gasteiger partial charge is 0.312 e. The molecule has 8 heteroatoms. The van der Waals surface area contributed by atoms with Crippen molar-refractivity contribution < 1.29 is 19.5 Å². The number of hydrogen-bond acceptors (Lipinski definition) is 6. The van der Waals surface area contributed by atoms with Crippen LogP contribution in [-0.2, 0) is 0 Å². The fourth-order valence-electron chi connectivity index (χ4n) is 2.44. The summed E-state index contributed by atoms with van der Waals surface area (Å²) in [5.74, 6) is 0.883. The lowest BCUT2D eigenvalue weighted by Crippen LogP contribution is -2.15. The molecule has 1 aliphatic heterocycles. The molecule has 0 bridgehead atoms. The van der Waals surface area contributed by atoms with Gasteiger partial charge in [0.05, 0.1) is 11.0 Å². The standard InChI is InChI=1S/C17H15ClN2O5/c1-10(11-2-3-15-16(7-11)25-5-4-24-15)19-9-12-6-13(18)8-14(17(12)21)20(22)23/h2-3,6-10,21H,4-5H2,1H3/t10-/m0/s1. The number of nitro benzene ring substituents is 1. The summed E-state index contributed by atoms with van der Waals surface area (Å²) in [6.45, 7) is 2.87. The van der Waals surface area contributed by atoms with Gasteiger partial charge < -0.3 is 14.6 Å². The number of rotatable bonds is 4. The Balaban J connectivity index is 1.86. The molecule has 1 aliphatic rings. The quantitative estimate of drug-likeness (QED) is 0.505. The van der Waals surface area contributed by atoms with Crippen LogP contribution in [0.25, 0.3) is 0 Å². The number of aliphatic imine (C=N–C) groups is 1. The predicted octanol–water partition coefficient (Wildman–Crippen LogP) is 3.91. The number of ether oxygens (including phenoxy) is 2. The van der Waals surface area contributed by atoms with Gasteiger partial charge in [-0.05, 0) is 30.7 Å². The van der Waals surface area contributed by atoms with Crippen LogP contribution in [0.5, 0.6) is 17.2 Å². The summed E-state index contributed by atoms with van der Waals surface area (Å²) in [5, 5.41) is 21.1. The van der Waals surface area contributed by atoms with Gasteiger partial charge in [0.15, 0.2) is 11.5 Å². The van der Waals surface area contributed by atoms with E-state index in [1.807, 2.05) is 25.1 Å². The van der Waals surface area contributed by atoms with Gasteiger partial charge in [0, 0.05) is 22.9 Å². The Morgan fingerprint density at radius 3 is 2.72 bits per heavy atom. The maximum atomic E-state index is 10.9. The zero-order valence-electron chi connectivity index (χ0n) is 13.3. The van der Waals surface area contributed by atoms with E-state index in [0.29, 0.717) is 24.7 Å². The maximum Gasteiger partial charge on any atom is 0.312 e. The van der Waals surface area contributed by atoms with Gasteiger partial charge in [-0.1, -0.05) is 17.7 Å². The highest BCUT2D eigenvalue weighted by molar-refractivity contribution is 6.31. The average Bonchev–Trinajstić information content (AvgIpc) is 2.61. The molecule has 3 rings (SSSR count). The van der Waals surface area contributed by atoms with Crippen molar-refractivity contribution in [3.8, 4) is 17.2 Å². The van der Waals surface area contributed by atoms with Crippen LogP contribution in [0.3, 0.4) is 0 Å². The molecule has 0 spiro atoms. The first-order chi connectivity index (χ1) is 12.0. The Morgan fingerprint density at radius 2 is 2.00 bits per heavy atom. The van der Waals surface area contributed by atoms with Crippen LogP contribution in [0.15, 0.2) is 35.3 Å². The Bertz CT molecular complexity index is 853. The van der Waals surface area contributed by atoms with Crippen molar-refractivity contribution in [3.05, 3.63) is 56.6 Å². The molecule has 0 fully saturated rings. The average molecular weight is 363 g/mol.